The van der Waals surface area contributed by atoms with Gasteiger partial charge in [-0.15, -0.1) is 0 Å². The highest BCUT2D eigenvalue weighted by Gasteiger charge is 1.92. The van der Waals surface area contributed by atoms with Gasteiger partial charge in [-0.2, -0.15) is 5.10 Å². The lowest BCUT2D eigenvalue weighted by atomic mass is 10.3. The van der Waals surface area contributed by atoms with Gasteiger partial charge in [-0.3, -0.25) is 5.10 Å². The smallest absolute Gasteiger partial charge is 0.0490 e. The van der Waals surface area contributed by atoms with E-state index in [4.69, 9.17) is 0 Å². The van der Waals surface area contributed by atoms with E-state index >= 15 is 0 Å². The van der Waals surface area contributed by atoms with E-state index in [2.05, 4.69) is 27.8 Å². The Balaban J connectivity index is 1.85. The fraction of sp³-hybridized carbons (Fsp3) is 0.700. The number of nitrogens with one attached hydrogen (secondary N) is 3. The molecule has 4 heteroatoms. The highest BCUT2D eigenvalue weighted by atomic mass is 15.1. The van der Waals surface area contributed by atoms with Gasteiger partial charge in [0.25, 0.3) is 0 Å². The van der Waals surface area contributed by atoms with Crippen LogP contribution in [-0.4, -0.2) is 36.4 Å². The van der Waals surface area contributed by atoms with Gasteiger partial charge in [0, 0.05) is 37.9 Å². The van der Waals surface area contributed by atoms with Crippen LogP contribution in [0.1, 0.15) is 19.0 Å². The Morgan fingerprint density at radius 1 is 1.21 bits per heavy atom. The first-order valence-electron chi connectivity index (χ1n) is 5.33. The summed E-state index contributed by atoms with van der Waals surface area (Å²) in [5.74, 6) is 0. The van der Waals surface area contributed by atoms with Crippen LogP contribution in [-0.2, 0) is 6.42 Å². The largest absolute Gasteiger partial charge is 0.315 e. The summed E-state index contributed by atoms with van der Waals surface area (Å²) in [4.78, 5) is 0. The van der Waals surface area contributed by atoms with E-state index in [-0.39, 0.29) is 0 Å². The topological polar surface area (TPSA) is 52.7 Å². The van der Waals surface area contributed by atoms with E-state index < -0.39 is 0 Å². The summed E-state index contributed by atoms with van der Waals surface area (Å²) >= 11 is 0. The molecule has 0 aliphatic rings. The number of nitrogens with zero attached hydrogens (tertiary/aromatic N) is 1. The molecule has 4 nitrogen and oxygen atoms in total. The molecule has 80 valence electrons. The molecule has 0 saturated heterocycles. The standard InChI is InChI=1S/C10H20N4/c1-2-5-11-8-9-12-6-3-10-4-7-13-14-10/h4,7,11-12H,2-3,5-6,8-9H2,1H3,(H,13,14). The van der Waals surface area contributed by atoms with E-state index in [0.717, 1.165) is 32.6 Å². The molecule has 0 aromatic carbocycles. The van der Waals surface area contributed by atoms with Crippen molar-refractivity contribution in [3.8, 4) is 0 Å². The first-order valence-corrected chi connectivity index (χ1v) is 5.33. The third-order valence-corrected chi connectivity index (χ3v) is 2.03. The van der Waals surface area contributed by atoms with Gasteiger partial charge in [-0.1, -0.05) is 6.92 Å². The summed E-state index contributed by atoms with van der Waals surface area (Å²) in [6, 6.07) is 2.01. The van der Waals surface area contributed by atoms with Crippen molar-refractivity contribution in [2.75, 3.05) is 26.2 Å². The minimum Gasteiger partial charge on any atom is -0.315 e. The third-order valence-electron chi connectivity index (χ3n) is 2.03. The summed E-state index contributed by atoms with van der Waals surface area (Å²) in [7, 11) is 0. The molecule has 1 aromatic rings. The number of H-pyrrole nitrogens is 1. The summed E-state index contributed by atoms with van der Waals surface area (Å²) in [6.07, 6.45) is 4.01. The maximum absolute atomic E-state index is 3.90. The molecule has 0 bridgehead atoms. The molecule has 0 saturated carbocycles. The van der Waals surface area contributed by atoms with Gasteiger partial charge in [0.1, 0.15) is 0 Å². The van der Waals surface area contributed by atoms with E-state index in [1.165, 1.54) is 12.1 Å². The maximum atomic E-state index is 3.90. The highest BCUT2D eigenvalue weighted by Crippen LogP contribution is 1.90. The van der Waals surface area contributed by atoms with Crippen LogP contribution in [0.15, 0.2) is 12.3 Å². The Labute approximate surface area is 85.5 Å². The van der Waals surface area contributed by atoms with E-state index in [9.17, 15) is 0 Å². The van der Waals surface area contributed by atoms with Crippen LogP contribution in [0.5, 0.6) is 0 Å². The van der Waals surface area contributed by atoms with Crippen LogP contribution in [0.2, 0.25) is 0 Å². The molecule has 0 aliphatic carbocycles. The second-order valence-electron chi connectivity index (χ2n) is 3.33. The molecule has 0 spiro atoms. The predicted octanol–water partition coefficient (Wildman–Crippen LogP) is 0.541. The Hall–Kier alpha value is -0.870. The predicted molar refractivity (Wildman–Crippen MR) is 58.3 cm³/mol. The molecule has 0 amide bonds. The van der Waals surface area contributed by atoms with Gasteiger partial charge in [0.05, 0.1) is 0 Å². The van der Waals surface area contributed by atoms with Gasteiger partial charge in [-0.25, -0.2) is 0 Å². The molecule has 1 aromatic heterocycles. The van der Waals surface area contributed by atoms with E-state index in [1.54, 1.807) is 6.20 Å². The van der Waals surface area contributed by atoms with Gasteiger partial charge < -0.3 is 10.6 Å². The van der Waals surface area contributed by atoms with E-state index in [1.807, 2.05) is 6.07 Å². The van der Waals surface area contributed by atoms with Crippen molar-refractivity contribution < 1.29 is 0 Å². The van der Waals surface area contributed by atoms with Gasteiger partial charge >= 0.3 is 0 Å². The van der Waals surface area contributed by atoms with Crippen LogP contribution in [0.4, 0.5) is 0 Å². The third kappa shape index (κ3) is 4.99. The lowest BCUT2D eigenvalue weighted by Crippen LogP contribution is -2.29. The Morgan fingerprint density at radius 3 is 2.64 bits per heavy atom. The van der Waals surface area contributed by atoms with Gasteiger partial charge in [0.15, 0.2) is 0 Å². The fourth-order valence-electron chi connectivity index (χ4n) is 1.25. The van der Waals surface area contributed by atoms with Crippen LogP contribution in [0, 0.1) is 0 Å². The molecule has 0 radical (unpaired) electrons. The average molecular weight is 196 g/mol. The number of rotatable bonds is 8. The van der Waals surface area contributed by atoms with Crippen molar-refractivity contribution in [2.45, 2.75) is 19.8 Å². The minimum absolute atomic E-state index is 1.01. The summed E-state index contributed by atoms with van der Waals surface area (Å²) in [6.45, 7) is 6.39. The van der Waals surface area contributed by atoms with Crippen molar-refractivity contribution in [1.29, 1.82) is 0 Å². The molecule has 1 rings (SSSR count). The number of hydrogen-bond acceptors (Lipinski definition) is 3. The molecule has 1 heterocycles. The molecule has 14 heavy (non-hydrogen) atoms. The Bertz CT molecular complexity index is 208. The molecular formula is C10H20N4. The highest BCUT2D eigenvalue weighted by molar-refractivity contribution is 4.97. The number of aromatic nitrogens is 2. The molecule has 0 unspecified atom stereocenters. The van der Waals surface area contributed by atoms with E-state index in [0.29, 0.717) is 0 Å². The lowest BCUT2D eigenvalue weighted by Gasteiger charge is -2.04. The summed E-state index contributed by atoms with van der Waals surface area (Å²) < 4.78 is 0. The number of aromatic amines is 1. The molecule has 3 N–H and O–H groups in total. The Kier molecular flexibility index (Phi) is 6.02. The fourth-order valence-corrected chi connectivity index (χ4v) is 1.25. The summed E-state index contributed by atoms with van der Waals surface area (Å²) in [5.41, 5.74) is 1.19. The Morgan fingerprint density at radius 2 is 2.00 bits per heavy atom. The molecule has 0 fully saturated rings. The van der Waals surface area contributed by atoms with Gasteiger partial charge in [-0.05, 0) is 19.0 Å². The van der Waals surface area contributed by atoms with Crippen molar-refractivity contribution in [2.24, 2.45) is 0 Å². The van der Waals surface area contributed by atoms with Crippen LogP contribution in [0.25, 0.3) is 0 Å². The summed E-state index contributed by atoms with van der Waals surface area (Å²) in [5, 5.41) is 13.6. The van der Waals surface area contributed by atoms with Crippen molar-refractivity contribution in [3.63, 3.8) is 0 Å². The van der Waals surface area contributed by atoms with Crippen LogP contribution in [0.3, 0.4) is 0 Å². The SMILES string of the molecule is CCCNCCNCCc1ccn[nH]1. The second kappa shape index (κ2) is 7.53. The zero-order valence-corrected chi connectivity index (χ0v) is 8.84. The quantitative estimate of drug-likeness (QED) is 0.532. The molecule has 0 atom stereocenters. The number of hydrogen-bond donors (Lipinski definition) is 3. The zero-order chi connectivity index (χ0) is 10.1. The second-order valence-corrected chi connectivity index (χ2v) is 3.33. The minimum atomic E-state index is 1.01. The monoisotopic (exact) mass is 196 g/mol. The molecule has 0 aliphatic heterocycles. The molecular weight excluding hydrogens is 176 g/mol. The van der Waals surface area contributed by atoms with Crippen molar-refractivity contribution >= 4 is 0 Å². The first-order chi connectivity index (χ1) is 6.93. The van der Waals surface area contributed by atoms with Crippen LogP contribution >= 0.6 is 0 Å². The lowest BCUT2D eigenvalue weighted by molar-refractivity contribution is 0.605. The maximum Gasteiger partial charge on any atom is 0.0490 e. The van der Waals surface area contributed by atoms with Gasteiger partial charge in [0.2, 0.25) is 0 Å². The van der Waals surface area contributed by atoms with Crippen molar-refractivity contribution in [1.82, 2.24) is 20.8 Å². The van der Waals surface area contributed by atoms with Crippen molar-refractivity contribution in [3.05, 3.63) is 18.0 Å². The normalized spacial score (nSPS) is 10.6. The first kappa shape index (κ1) is 11.2. The zero-order valence-electron chi connectivity index (χ0n) is 8.84. The average Bonchev–Trinajstić information content (AvgIpc) is 2.69. The van der Waals surface area contributed by atoms with Crippen LogP contribution < -0.4 is 10.6 Å².